The number of nitrogens with zero attached hydrogens (tertiary/aromatic N) is 2. The molecule has 3 aliphatic carbocycles. The molecule has 3 fully saturated rings. The predicted octanol–water partition coefficient (Wildman–Crippen LogP) is 6.66. The first-order valence-corrected chi connectivity index (χ1v) is 15.3. The van der Waals surface area contributed by atoms with Crippen LogP contribution in [0.5, 0.6) is 0 Å². The van der Waals surface area contributed by atoms with Gasteiger partial charge in [-0.1, -0.05) is 67.8 Å². The lowest BCUT2D eigenvalue weighted by molar-refractivity contribution is -0.144. The van der Waals surface area contributed by atoms with Gasteiger partial charge in [0.1, 0.15) is 0 Å². The summed E-state index contributed by atoms with van der Waals surface area (Å²) in [6.07, 6.45) is 14.0. The van der Waals surface area contributed by atoms with E-state index in [1.807, 2.05) is 12.1 Å². The molecule has 2 aromatic carbocycles. The molecule has 8 rings (SSSR count). The maximum absolute atomic E-state index is 14.6. The number of hydrogen-bond acceptors (Lipinski definition) is 3. The van der Waals surface area contributed by atoms with E-state index in [4.69, 9.17) is 4.74 Å². The zero-order valence-corrected chi connectivity index (χ0v) is 23.4. The molecule has 1 N–H and O–H groups in total. The van der Waals surface area contributed by atoms with Crippen LogP contribution in [0.25, 0.3) is 22.2 Å². The van der Waals surface area contributed by atoms with E-state index in [9.17, 15) is 14.7 Å². The Morgan fingerprint density at radius 3 is 2.71 bits per heavy atom. The monoisotopic (exact) mass is 548 g/mol. The average molecular weight is 549 g/mol. The number of allylic oxidation sites excluding steroid dienone is 3. The van der Waals surface area contributed by atoms with Crippen LogP contribution < -0.4 is 0 Å². The summed E-state index contributed by atoms with van der Waals surface area (Å²) in [7, 11) is 0. The van der Waals surface area contributed by atoms with Crippen molar-refractivity contribution in [1.82, 2.24) is 9.47 Å². The smallest absolute Gasteiger partial charge is 0.335 e. The summed E-state index contributed by atoms with van der Waals surface area (Å²) in [5.74, 6) is -0.0846. The number of carboxylic acid groups (broad SMARTS) is 1. The number of amides is 1. The van der Waals surface area contributed by atoms with Gasteiger partial charge in [0.15, 0.2) is 0 Å². The molecule has 0 bridgehead atoms. The highest BCUT2D eigenvalue weighted by Gasteiger charge is 2.64. The molecule has 1 unspecified atom stereocenters. The second kappa shape index (κ2) is 9.45. The Morgan fingerprint density at radius 1 is 1.05 bits per heavy atom. The van der Waals surface area contributed by atoms with E-state index in [1.54, 1.807) is 6.07 Å². The molecular weight excluding hydrogens is 512 g/mol. The third kappa shape index (κ3) is 3.87. The third-order valence-electron chi connectivity index (χ3n) is 10.5. The number of aromatic nitrogens is 1. The van der Waals surface area contributed by atoms with Crippen LogP contribution in [0.3, 0.4) is 0 Å². The van der Waals surface area contributed by atoms with Crippen LogP contribution in [0.15, 0.2) is 66.3 Å². The van der Waals surface area contributed by atoms with E-state index >= 15 is 0 Å². The molecule has 1 saturated heterocycles. The second-order valence-electron chi connectivity index (χ2n) is 12.7. The minimum atomic E-state index is -0.916. The quantitative estimate of drug-likeness (QED) is 0.396. The molecule has 0 radical (unpaired) electrons. The van der Waals surface area contributed by atoms with Crippen molar-refractivity contribution in [2.75, 3.05) is 19.7 Å². The van der Waals surface area contributed by atoms with Crippen LogP contribution >= 0.6 is 0 Å². The summed E-state index contributed by atoms with van der Waals surface area (Å²) in [4.78, 5) is 28.7. The van der Waals surface area contributed by atoms with Crippen molar-refractivity contribution < 1.29 is 19.4 Å². The molecule has 210 valence electrons. The number of aromatic carboxylic acids is 1. The molecule has 5 aliphatic rings. The number of ether oxygens (including phenoxy) is 1. The number of benzene rings is 2. The Balaban J connectivity index is 1.27. The summed E-state index contributed by atoms with van der Waals surface area (Å²) in [6, 6.07) is 14.3. The fourth-order valence-electron chi connectivity index (χ4n) is 8.33. The van der Waals surface area contributed by atoms with Crippen molar-refractivity contribution in [3.05, 3.63) is 83.0 Å². The Bertz CT molecular complexity index is 1640. The van der Waals surface area contributed by atoms with Gasteiger partial charge in [-0.15, -0.1) is 0 Å². The summed E-state index contributed by atoms with van der Waals surface area (Å²) in [5, 5.41) is 11.1. The molecule has 0 spiro atoms. The van der Waals surface area contributed by atoms with Gasteiger partial charge < -0.3 is 19.3 Å². The van der Waals surface area contributed by atoms with Crippen molar-refractivity contribution >= 4 is 22.8 Å². The van der Waals surface area contributed by atoms with E-state index in [0.717, 1.165) is 36.6 Å². The minimum Gasteiger partial charge on any atom is -0.478 e. The van der Waals surface area contributed by atoms with Gasteiger partial charge in [-0.05, 0) is 60.4 Å². The normalized spacial score (nSPS) is 27.1. The van der Waals surface area contributed by atoms with Gasteiger partial charge in [-0.3, -0.25) is 4.79 Å². The highest BCUT2D eigenvalue weighted by Crippen LogP contribution is 2.66. The largest absolute Gasteiger partial charge is 0.478 e. The zero-order chi connectivity index (χ0) is 27.7. The van der Waals surface area contributed by atoms with Gasteiger partial charge >= 0.3 is 5.97 Å². The van der Waals surface area contributed by atoms with Gasteiger partial charge in [0.25, 0.3) is 0 Å². The Labute approximate surface area is 240 Å². The molecule has 6 heteroatoms. The molecule has 2 aliphatic heterocycles. The van der Waals surface area contributed by atoms with E-state index in [0.29, 0.717) is 37.7 Å². The van der Waals surface area contributed by atoms with Crippen molar-refractivity contribution in [3.63, 3.8) is 0 Å². The fourth-order valence-corrected chi connectivity index (χ4v) is 8.33. The highest BCUT2D eigenvalue weighted by molar-refractivity contribution is 5.99. The Hall–Kier alpha value is -3.64. The van der Waals surface area contributed by atoms with Crippen molar-refractivity contribution in [2.24, 2.45) is 5.41 Å². The summed E-state index contributed by atoms with van der Waals surface area (Å²) in [6.45, 7) is 2.34. The number of carbonyl (C=O) groups is 2. The average Bonchev–Trinajstić information content (AvgIpc) is 3.34. The molecule has 3 aromatic rings. The van der Waals surface area contributed by atoms with Crippen LogP contribution in [0.1, 0.15) is 78.3 Å². The topological polar surface area (TPSA) is 71.8 Å². The molecule has 1 amide bonds. The number of carboxylic acids is 1. The Morgan fingerprint density at radius 2 is 1.90 bits per heavy atom. The van der Waals surface area contributed by atoms with Gasteiger partial charge in [0.2, 0.25) is 5.91 Å². The maximum Gasteiger partial charge on any atom is 0.335 e. The molecule has 1 aromatic heterocycles. The third-order valence-corrected chi connectivity index (χ3v) is 10.5. The van der Waals surface area contributed by atoms with Crippen LogP contribution in [-0.2, 0) is 16.1 Å². The van der Waals surface area contributed by atoms with Gasteiger partial charge in [0.05, 0.1) is 35.9 Å². The molecule has 6 nitrogen and oxygen atoms in total. The van der Waals surface area contributed by atoms with Crippen molar-refractivity contribution in [1.29, 1.82) is 0 Å². The van der Waals surface area contributed by atoms with Crippen LogP contribution in [-0.4, -0.2) is 52.3 Å². The van der Waals surface area contributed by atoms with Gasteiger partial charge in [-0.2, -0.15) is 0 Å². The highest BCUT2D eigenvalue weighted by atomic mass is 16.5. The molecular formula is C35H36N2O4. The summed E-state index contributed by atoms with van der Waals surface area (Å²) >= 11 is 0. The number of fused-ring (bicyclic) bond motifs is 7. The molecule has 2 saturated carbocycles. The standard InChI is InChI=1S/C35H36N2O4/c38-33(39)24-14-15-27-29(18-24)37-21-35(34(40)36-16-17-41-30(20-36)22-8-4-5-9-22)19-28(35)25-12-6-7-13-26(25)32(37)31(27)23-10-2-1-3-11-23/h4-8,12-15,18,23,28,30H,1-3,9-11,16-17,19-21H2,(H,38,39)/t28-,30?,35-/m1/s1. The lowest BCUT2D eigenvalue weighted by Crippen LogP contribution is -2.49. The lowest BCUT2D eigenvalue weighted by Gasteiger charge is -2.36. The van der Waals surface area contributed by atoms with E-state index in [-0.39, 0.29) is 17.9 Å². The first-order valence-electron chi connectivity index (χ1n) is 15.3. The van der Waals surface area contributed by atoms with Crippen LogP contribution in [0.2, 0.25) is 0 Å². The first kappa shape index (κ1) is 25.1. The number of carbonyl (C=O) groups excluding carboxylic acids is 1. The van der Waals surface area contributed by atoms with Crippen LogP contribution in [0, 0.1) is 5.41 Å². The predicted molar refractivity (Wildman–Crippen MR) is 158 cm³/mol. The maximum atomic E-state index is 14.6. The van der Waals surface area contributed by atoms with Gasteiger partial charge in [-0.25, -0.2) is 4.79 Å². The molecule has 3 atom stereocenters. The van der Waals surface area contributed by atoms with Gasteiger partial charge in [0, 0.05) is 35.5 Å². The number of hydrogen-bond donors (Lipinski definition) is 1. The first-order chi connectivity index (χ1) is 20.0. The fraction of sp³-hybridized carbons (Fsp3) is 0.429. The molecule has 3 heterocycles. The Kier molecular flexibility index (Phi) is 5.79. The van der Waals surface area contributed by atoms with E-state index in [2.05, 4.69) is 52.0 Å². The molecule has 41 heavy (non-hydrogen) atoms. The zero-order valence-electron chi connectivity index (χ0n) is 23.4. The number of morpholine rings is 1. The van der Waals surface area contributed by atoms with Crippen LogP contribution in [0.4, 0.5) is 0 Å². The second-order valence-corrected chi connectivity index (χ2v) is 12.7. The van der Waals surface area contributed by atoms with E-state index in [1.165, 1.54) is 47.2 Å². The SMILES string of the molecule is O=C(O)c1ccc2c(C3CCCCC3)c3n(c2c1)C[C@]1(C(=O)N2CCOC(C4=CC=CC4)C2)C[C@@H]1c1ccccc1-3. The number of rotatable bonds is 4. The van der Waals surface area contributed by atoms with E-state index < -0.39 is 11.4 Å². The van der Waals surface area contributed by atoms with Crippen molar-refractivity contribution in [2.45, 2.75) is 69.4 Å². The lowest BCUT2D eigenvalue weighted by atomic mass is 9.81. The summed E-state index contributed by atoms with van der Waals surface area (Å²) in [5.41, 5.74) is 7.04. The van der Waals surface area contributed by atoms with Crippen molar-refractivity contribution in [3.8, 4) is 11.3 Å². The minimum absolute atomic E-state index is 0.0478. The summed E-state index contributed by atoms with van der Waals surface area (Å²) < 4.78 is 8.46.